The number of methoxy groups -OCH3 is 1. The second kappa shape index (κ2) is 6.40. The molecule has 1 fully saturated rings. The zero-order valence-corrected chi connectivity index (χ0v) is 13.1. The van der Waals surface area contributed by atoms with Crippen LogP contribution >= 0.6 is 11.3 Å². The van der Waals surface area contributed by atoms with E-state index < -0.39 is 0 Å². The van der Waals surface area contributed by atoms with E-state index in [1.165, 1.54) is 18.9 Å². The van der Waals surface area contributed by atoms with Gasteiger partial charge in [0.15, 0.2) is 0 Å². The maximum Gasteiger partial charge on any atom is 0.132 e. The molecule has 1 aromatic carbocycles. The molecule has 0 bridgehead atoms. The molecule has 1 aliphatic rings. The fourth-order valence-electron chi connectivity index (χ4n) is 2.79. The lowest BCUT2D eigenvalue weighted by molar-refractivity contribution is 0.140. The summed E-state index contributed by atoms with van der Waals surface area (Å²) in [6, 6.07) is 5.90. The van der Waals surface area contributed by atoms with Crippen LogP contribution in [0.15, 0.2) is 18.2 Å². The summed E-state index contributed by atoms with van der Waals surface area (Å²) >= 11 is 1.61. The number of nitrogens with two attached hydrogens (primary N) is 1. The van der Waals surface area contributed by atoms with E-state index in [4.69, 9.17) is 10.5 Å². The van der Waals surface area contributed by atoms with E-state index in [0.29, 0.717) is 19.2 Å². The van der Waals surface area contributed by atoms with Crippen LogP contribution in [0.4, 0.5) is 4.39 Å². The van der Waals surface area contributed by atoms with E-state index in [2.05, 4.69) is 4.90 Å². The highest BCUT2D eigenvalue weighted by Crippen LogP contribution is 2.36. The molecule has 0 amide bonds. The zero-order chi connectivity index (χ0) is 14.8. The standard InChI is InChI=1S/C16H21FN2OS/c1-20-8-7-19(11-5-6-11)10-12-15(9-18)21-14-4-2-3-13(17)16(12)14/h2-4,11H,5-10,18H2,1H3. The van der Waals surface area contributed by atoms with Crippen LogP contribution in [0.25, 0.3) is 10.1 Å². The molecule has 0 spiro atoms. The van der Waals surface area contributed by atoms with Gasteiger partial charge in [0.05, 0.1) is 6.61 Å². The predicted octanol–water partition coefficient (Wildman–Crippen LogP) is 3.11. The Balaban J connectivity index is 1.94. The summed E-state index contributed by atoms with van der Waals surface area (Å²) in [5.41, 5.74) is 6.95. The van der Waals surface area contributed by atoms with Crippen molar-refractivity contribution in [2.75, 3.05) is 20.3 Å². The first kappa shape index (κ1) is 14.9. The third-order valence-corrected chi connectivity index (χ3v) is 5.26. The Kier molecular flexibility index (Phi) is 4.54. The van der Waals surface area contributed by atoms with Gasteiger partial charge in [-0.25, -0.2) is 4.39 Å². The highest BCUT2D eigenvalue weighted by atomic mass is 32.1. The first-order valence-electron chi connectivity index (χ1n) is 7.36. The zero-order valence-electron chi connectivity index (χ0n) is 12.3. The molecule has 3 rings (SSSR count). The molecule has 1 heterocycles. The monoisotopic (exact) mass is 308 g/mol. The van der Waals surface area contributed by atoms with Crippen LogP contribution in [-0.2, 0) is 17.8 Å². The number of rotatable bonds is 7. The van der Waals surface area contributed by atoms with Crippen molar-refractivity contribution in [1.29, 1.82) is 0 Å². The van der Waals surface area contributed by atoms with Crippen LogP contribution < -0.4 is 5.73 Å². The molecule has 0 radical (unpaired) electrons. The number of fused-ring (bicyclic) bond motifs is 1. The molecule has 0 atom stereocenters. The highest BCUT2D eigenvalue weighted by molar-refractivity contribution is 7.19. The Morgan fingerprint density at radius 3 is 2.90 bits per heavy atom. The van der Waals surface area contributed by atoms with Gasteiger partial charge >= 0.3 is 0 Å². The predicted molar refractivity (Wildman–Crippen MR) is 85.0 cm³/mol. The van der Waals surface area contributed by atoms with Gasteiger partial charge in [0.25, 0.3) is 0 Å². The molecule has 5 heteroatoms. The van der Waals surface area contributed by atoms with Crippen LogP contribution in [0.2, 0.25) is 0 Å². The Labute approximate surface area is 128 Å². The topological polar surface area (TPSA) is 38.5 Å². The average molecular weight is 308 g/mol. The van der Waals surface area contributed by atoms with Crippen LogP contribution in [0, 0.1) is 5.82 Å². The van der Waals surface area contributed by atoms with Gasteiger partial charge in [-0.15, -0.1) is 11.3 Å². The lowest BCUT2D eigenvalue weighted by Gasteiger charge is -2.22. The van der Waals surface area contributed by atoms with Crippen molar-refractivity contribution in [2.45, 2.75) is 32.0 Å². The summed E-state index contributed by atoms with van der Waals surface area (Å²) in [6.07, 6.45) is 2.46. The molecule has 0 unspecified atom stereocenters. The fraction of sp³-hybridized carbons (Fsp3) is 0.500. The molecule has 1 aliphatic carbocycles. The quantitative estimate of drug-likeness (QED) is 0.854. The molecule has 2 N–H and O–H groups in total. The fourth-order valence-corrected chi connectivity index (χ4v) is 3.90. The summed E-state index contributed by atoms with van der Waals surface area (Å²) in [6.45, 7) is 2.83. The van der Waals surface area contributed by atoms with Gasteiger partial charge in [0.1, 0.15) is 5.82 Å². The van der Waals surface area contributed by atoms with Crippen molar-refractivity contribution in [3.05, 3.63) is 34.5 Å². The second-order valence-corrected chi connectivity index (χ2v) is 6.65. The molecular formula is C16H21FN2OS. The molecule has 0 aliphatic heterocycles. The van der Waals surface area contributed by atoms with Crippen LogP contribution in [0.3, 0.4) is 0 Å². The average Bonchev–Trinajstić information content (AvgIpc) is 3.26. The van der Waals surface area contributed by atoms with Crippen LogP contribution in [0.1, 0.15) is 23.3 Å². The summed E-state index contributed by atoms with van der Waals surface area (Å²) in [7, 11) is 1.72. The van der Waals surface area contributed by atoms with Crippen molar-refractivity contribution in [1.82, 2.24) is 4.90 Å². The minimum atomic E-state index is -0.138. The molecule has 3 nitrogen and oxygen atoms in total. The van der Waals surface area contributed by atoms with E-state index in [9.17, 15) is 4.39 Å². The van der Waals surface area contributed by atoms with Crippen molar-refractivity contribution < 1.29 is 9.13 Å². The first-order valence-corrected chi connectivity index (χ1v) is 8.18. The first-order chi connectivity index (χ1) is 10.2. The molecule has 2 aromatic rings. The number of hydrogen-bond acceptors (Lipinski definition) is 4. The van der Waals surface area contributed by atoms with E-state index in [0.717, 1.165) is 33.6 Å². The third kappa shape index (κ3) is 3.11. The minimum absolute atomic E-state index is 0.138. The minimum Gasteiger partial charge on any atom is -0.383 e. The highest BCUT2D eigenvalue weighted by Gasteiger charge is 2.30. The number of benzene rings is 1. The molecule has 1 saturated carbocycles. The Hall–Kier alpha value is -1.01. The van der Waals surface area contributed by atoms with Gasteiger partial charge in [-0.05, 0) is 30.5 Å². The summed E-state index contributed by atoms with van der Waals surface area (Å²) in [5, 5.41) is 0.756. The summed E-state index contributed by atoms with van der Waals surface area (Å²) in [5.74, 6) is -0.138. The van der Waals surface area contributed by atoms with E-state index in [-0.39, 0.29) is 5.82 Å². The van der Waals surface area contributed by atoms with Crippen molar-refractivity contribution in [2.24, 2.45) is 5.73 Å². The lowest BCUT2D eigenvalue weighted by Crippen LogP contribution is -2.29. The molecule has 1 aromatic heterocycles. The van der Waals surface area contributed by atoms with Crippen LogP contribution in [-0.4, -0.2) is 31.2 Å². The van der Waals surface area contributed by atoms with Crippen molar-refractivity contribution in [3.63, 3.8) is 0 Å². The normalized spacial score (nSPS) is 15.2. The summed E-state index contributed by atoms with van der Waals surface area (Å²) < 4.78 is 20.4. The Morgan fingerprint density at radius 1 is 1.43 bits per heavy atom. The lowest BCUT2D eigenvalue weighted by atomic mass is 10.1. The maximum absolute atomic E-state index is 14.2. The number of halogens is 1. The van der Waals surface area contributed by atoms with Crippen molar-refractivity contribution in [3.8, 4) is 0 Å². The van der Waals surface area contributed by atoms with Gasteiger partial charge in [-0.1, -0.05) is 6.07 Å². The molecule has 114 valence electrons. The molecular weight excluding hydrogens is 287 g/mol. The largest absolute Gasteiger partial charge is 0.383 e. The van der Waals surface area contributed by atoms with Crippen molar-refractivity contribution >= 4 is 21.4 Å². The number of ether oxygens (including phenoxy) is 1. The number of nitrogens with zero attached hydrogens (tertiary/aromatic N) is 1. The number of thiophene rings is 1. The van der Waals surface area contributed by atoms with Gasteiger partial charge in [0, 0.05) is 47.7 Å². The molecule has 0 saturated heterocycles. The SMILES string of the molecule is COCCN(Cc1c(CN)sc2cccc(F)c12)C1CC1. The Bertz CT molecular complexity index is 624. The van der Waals surface area contributed by atoms with Gasteiger partial charge in [-0.2, -0.15) is 0 Å². The van der Waals surface area contributed by atoms with Gasteiger partial charge in [0.2, 0.25) is 0 Å². The van der Waals surface area contributed by atoms with E-state index in [1.807, 2.05) is 6.07 Å². The third-order valence-electron chi connectivity index (χ3n) is 4.04. The second-order valence-electron chi connectivity index (χ2n) is 5.52. The molecule has 21 heavy (non-hydrogen) atoms. The smallest absolute Gasteiger partial charge is 0.132 e. The summed E-state index contributed by atoms with van der Waals surface area (Å²) in [4.78, 5) is 3.49. The number of hydrogen-bond donors (Lipinski definition) is 1. The van der Waals surface area contributed by atoms with Crippen LogP contribution in [0.5, 0.6) is 0 Å². The van der Waals surface area contributed by atoms with E-state index in [1.54, 1.807) is 24.5 Å². The van der Waals surface area contributed by atoms with Gasteiger partial charge in [-0.3, -0.25) is 4.90 Å². The van der Waals surface area contributed by atoms with E-state index >= 15 is 0 Å². The van der Waals surface area contributed by atoms with Gasteiger partial charge < -0.3 is 10.5 Å². The maximum atomic E-state index is 14.2. The Morgan fingerprint density at radius 2 is 2.24 bits per heavy atom.